The first-order valence-electron chi connectivity index (χ1n) is 7.25. The fourth-order valence-corrected chi connectivity index (χ4v) is 5.31. The predicted octanol–water partition coefficient (Wildman–Crippen LogP) is -0.373. The predicted molar refractivity (Wildman–Crippen MR) is 88.4 cm³/mol. The van der Waals surface area contributed by atoms with Gasteiger partial charge in [-0.2, -0.15) is 14.8 Å². The molecule has 1 aliphatic heterocycles. The Bertz CT molecular complexity index is 840. The molecule has 2 rings (SSSR count). The number of phosphoric acid groups is 2. The van der Waals surface area contributed by atoms with Gasteiger partial charge < -0.3 is 19.4 Å². The van der Waals surface area contributed by atoms with Crippen molar-refractivity contribution in [3.8, 4) is 0 Å². The molecule has 3 atom stereocenters. The molecule has 19 heteroatoms. The molecule has 7 N–H and O–H groups in total. The van der Waals surface area contributed by atoms with Crippen molar-refractivity contribution >= 4 is 29.6 Å². The monoisotopic (exact) mass is 468 g/mol. The Morgan fingerprint density at radius 2 is 1.96 bits per heavy atom. The molecule has 1 fully saturated rings. The Morgan fingerprint density at radius 1 is 1.29 bits per heavy atom. The van der Waals surface area contributed by atoms with Gasteiger partial charge in [0, 0.05) is 6.20 Å². The summed E-state index contributed by atoms with van der Waals surface area (Å²) in [5, 5.41) is 8.69. The molecule has 0 saturated carbocycles. The highest BCUT2D eigenvalue weighted by atomic mass is 31.3. The van der Waals surface area contributed by atoms with Crippen LogP contribution in [-0.2, 0) is 27.0 Å². The molecule has 0 aromatic carbocycles. The number of hydrogen-bond donors (Lipinski definition) is 7. The summed E-state index contributed by atoms with van der Waals surface area (Å²) in [6.07, 6.45) is 0.299. The fraction of sp³-hybridized carbons (Fsp3) is 0.556. The van der Waals surface area contributed by atoms with Gasteiger partial charge in [-0.3, -0.25) is 19.8 Å². The van der Waals surface area contributed by atoms with Gasteiger partial charge in [0.25, 0.3) is 0 Å². The molecule has 0 bridgehead atoms. The highest BCUT2D eigenvalue weighted by molar-refractivity contribution is 7.70. The molecule has 1 aromatic heterocycles. The minimum atomic E-state index is -5.41. The van der Waals surface area contributed by atoms with Crippen molar-refractivity contribution < 1.29 is 56.7 Å². The van der Waals surface area contributed by atoms with Crippen LogP contribution in [0.25, 0.3) is 0 Å². The normalized spacial score (nSPS) is 22.8. The van der Waals surface area contributed by atoms with Gasteiger partial charge in [0.2, 0.25) is 0 Å². The number of aromatic nitrogens is 2. The van der Waals surface area contributed by atoms with Crippen LogP contribution in [0.2, 0.25) is 0 Å². The lowest BCUT2D eigenvalue weighted by molar-refractivity contribution is -0.0245. The van der Waals surface area contributed by atoms with E-state index in [-0.39, 0.29) is 12.2 Å². The lowest BCUT2D eigenvalue weighted by atomic mass is 10.2. The van der Waals surface area contributed by atoms with Crippen LogP contribution in [0.3, 0.4) is 0 Å². The van der Waals surface area contributed by atoms with Crippen LogP contribution in [0.5, 0.6) is 0 Å². The summed E-state index contributed by atoms with van der Waals surface area (Å²) in [6, 6.07) is 1.30. The van der Waals surface area contributed by atoms with Crippen molar-refractivity contribution in [1.82, 2.24) is 9.55 Å². The maximum absolute atomic E-state index is 11.8. The van der Waals surface area contributed by atoms with Gasteiger partial charge in [-0.05, 0) is 27.5 Å². The molecule has 1 aromatic rings. The first-order chi connectivity index (χ1) is 12.8. The molecule has 0 aliphatic carbocycles. The van der Waals surface area contributed by atoms with E-state index in [0.29, 0.717) is 6.42 Å². The SMILES string of the molecule is O=c1nc(NO)ccn1C1CCC(COP(=O)(O)O[P+](O)(O)OP(=O)(O)O)O1. The summed E-state index contributed by atoms with van der Waals surface area (Å²) in [7, 11) is -15.9. The largest absolute Gasteiger partial charge is 0.591 e. The number of ether oxygens (including phenoxy) is 1. The summed E-state index contributed by atoms with van der Waals surface area (Å²) >= 11 is 0. The van der Waals surface area contributed by atoms with Gasteiger partial charge in [-0.1, -0.05) is 0 Å². The molecule has 160 valence electrons. The van der Waals surface area contributed by atoms with Crippen molar-refractivity contribution in [2.75, 3.05) is 12.1 Å². The molecule has 3 unspecified atom stereocenters. The van der Waals surface area contributed by atoms with E-state index >= 15 is 0 Å². The zero-order valence-corrected chi connectivity index (χ0v) is 16.4. The summed E-state index contributed by atoms with van der Waals surface area (Å²) in [5.74, 6) is -0.0742. The molecule has 28 heavy (non-hydrogen) atoms. The summed E-state index contributed by atoms with van der Waals surface area (Å²) in [6.45, 7) is -0.585. The van der Waals surface area contributed by atoms with Crippen LogP contribution in [0.4, 0.5) is 5.82 Å². The average Bonchev–Trinajstić information content (AvgIpc) is 2.98. The molecule has 1 saturated heterocycles. The second kappa shape index (κ2) is 8.90. The highest BCUT2D eigenvalue weighted by Gasteiger charge is 2.55. The molecule has 0 amide bonds. The lowest BCUT2D eigenvalue weighted by Gasteiger charge is -2.17. The Labute approximate surface area is 156 Å². The minimum Gasteiger partial charge on any atom is -0.352 e. The maximum Gasteiger partial charge on any atom is 0.591 e. The Kier molecular flexibility index (Phi) is 7.45. The number of nitrogens with zero attached hydrogens (tertiary/aromatic N) is 2. The third kappa shape index (κ3) is 7.21. The van der Waals surface area contributed by atoms with Crippen LogP contribution < -0.4 is 11.2 Å². The van der Waals surface area contributed by atoms with Crippen LogP contribution in [-0.4, -0.2) is 51.9 Å². The second-order valence-corrected chi connectivity index (χ2v) is 9.78. The van der Waals surface area contributed by atoms with Crippen molar-refractivity contribution in [2.24, 2.45) is 0 Å². The summed E-state index contributed by atoms with van der Waals surface area (Å²) in [4.78, 5) is 60.1. The smallest absolute Gasteiger partial charge is 0.352 e. The van der Waals surface area contributed by atoms with Gasteiger partial charge in [0.15, 0.2) is 5.82 Å². The van der Waals surface area contributed by atoms with Crippen LogP contribution >= 0.6 is 23.8 Å². The van der Waals surface area contributed by atoms with Gasteiger partial charge >= 0.3 is 29.5 Å². The summed E-state index contributed by atoms with van der Waals surface area (Å²) < 4.78 is 40.7. The van der Waals surface area contributed by atoms with Crippen molar-refractivity contribution in [1.29, 1.82) is 0 Å². The second-order valence-electron chi connectivity index (χ2n) is 5.31. The quantitative estimate of drug-likeness (QED) is 0.181. The molecule has 1 aliphatic rings. The van der Waals surface area contributed by atoms with Gasteiger partial charge in [0.1, 0.15) is 6.23 Å². The van der Waals surface area contributed by atoms with Crippen molar-refractivity contribution in [3.05, 3.63) is 22.7 Å². The Balaban J connectivity index is 1.91. The minimum absolute atomic E-state index is 0.0742. The van der Waals surface area contributed by atoms with E-state index in [1.807, 2.05) is 0 Å². The molecule has 0 spiro atoms. The molecular weight excluding hydrogens is 451 g/mol. The molecule has 16 nitrogen and oxygen atoms in total. The Hall–Kier alpha value is -0.830. The zero-order valence-electron chi connectivity index (χ0n) is 13.7. The highest BCUT2D eigenvalue weighted by Crippen LogP contribution is 2.71. The van der Waals surface area contributed by atoms with Gasteiger partial charge in [0.05, 0.1) is 12.7 Å². The Morgan fingerprint density at radius 3 is 2.54 bits per heavy atom. The number of phosphoric ester groups is 1. The lowest BCUT2D eigenvalue weighted by Crippen LogP contribution is -2.27. The summed E-state index contributed by atoms with van der Waals surface area (Å²) in [5.41, 5.74) is 0.979. The molecule has 0 radical (unpaired) electrons. The number of rotatable bonds is 9. The van der Waals surface area contributed by atoms with Crippen LogP contribution in [0, 0.1) is 0 Å². The van der Waals surface area contributed by atoms with Gasteiger partial charge in [-0.25, -0.2) is 13.9 Å². The zero-order chi connectivity index (χ0) is 21.2. The van der Waals surface area contributed by atoms with E-state index in [0.717, 1.165) is 4.57 Å². The van der Waals surface area contributed by atoms with E-state index in [4.69, 9.17) is 29.5 Å². The van der Waals surface area contributed by atoms with E-state index in [1.54, 1.807) is 5.48 Å². The fourth-order valence-electron chi connectivity index (χ4n) is 2.20. The van der Waals surface area contributed by atoms with E-state index in [2.05, 4.69) is 18.1 Å². The third-order valence-corrected chi connectivity index (χ3v) is 7.04. The standard InChI is InChI=1S/C9H16N3O13P3/c13-9-10-7(11-14)3-4-12(9)8-2-1-6(23-8)5-22-27(18,19)25-28(20,21)24-26(15,16)17/h3-4,6,8,20-21H,1-2,5H2,(H4-,10,11,13,14,15,16,17,18,19)/p+1. The van der Waals surface area contributed by atoms with Crippen LogP contribution in [0.15, 0.2) is 17.1 Å². The van der Waals surface area contributed by atoms with Gasteiger partial charge in [-0.15, -0.1) is 0 Å². The number of anilines is 1. The molecule has 2 heterocycles. The number of nitrogens with one attached hydrogen (secondary N) is 1. The van der Waals surface area contributed by atoms with Crippen molar-refractivity contribution in [3.63, 3.8) is 0 Å². The first kappa shape index (κ1) is 23.4. The van der Waals surface area contributed by atoms with E-state index < -0.39 is 48.4 Å². The third-order valence-electron chi connectivity index (χ3n) is 3.19. The number of hydrogen-bond acceptors (Lipinski definition) is 12. The van der Waals surface area contributed by atoms with Crippen LogP contribution in [0.1, 0.15) is 19.1 Å². The van der Waals surface area contributed by atoms with E-state index in [9.17, 15) is 18.8 Å². The first-order valence-corrected chi connectivity index (χ1v) is 11.8. The van der Waals surface area contributed by atoms with Crippen molar-refractivity contribution in [2.45, 2.75) is 25.2 Å². The average molecular weight is 468 g/mol. The topological polar surface area (TPSA) is 239 Å². The molecular formula is C9H17N3O13P3+. The maximum atomic E-state index is 11.8. The van der Waals surface area contributed by atoms with E-state index in [1.165, 1.54) is 12.3 Å².